The Kier molecular flexibility index (Phi) is 14.7. The van der Waals surface area contributed by atoms with Crippen molar-refractivity contribution in [2.45, 2.75) is 111 Å². The Balaban J connectivity index is 2.56. The van der Waals surface area contributed by atoms with Crippen molar-refractivity contribution in [1.29, 1.82) is 0 Å². The Morgan fingerprint density at radius 3 is 2.18 bits per heavy atom. The van der Waals surface area contributed by atoms with Crippen LogP contribution in [0.25, 0.3) is 0 Å². The molecule has 0 saturated carbocycles. The summed E-state index contributed by atoms with van der Waals surface area (Å²) in [6.07, 6.45) is 4.83. The van der Waals surface area contributed by atoms with E-state index < -0.39 is 41.5 Å². The number of hydrogen-bond acceptors (Lipinski definition) is 5. The number of benzene rings is 2. The average Bonchev–Trinajstić information content (AvgIpc) is 2.93. The first-order chi connectivity index (χ1) is 20.7. The second kappa shape index (κ2) is 17.6. The van der Waals surface area contributed by atoms with E-state index in [4.69, 9.17) is 22.1 Å². The maximum Gasteiger partial charge on any atom is 0.408 e. The molecule has 44 heavy (non-hydrogen) atoms. The second-order valence-corrected chi connectivity index (χ2v) is 12.6. The smallest absolute Gasteiger partial charge is 0.408 e. The summed E-state index contributed by atoms with van der Waals surface area (Å²) in [5, 5.41) is 5.97. The minimum absolute atomic E-state index is 0.0493. The van der Waals surface area contributed by atoms with Crippen LogP contribution in [0.15, 0.2) is 42.5 Å². The highest BCUT2D eigenvalue weighted by Crippen LogP contribution is 2.30. The van der Waals surface area contributed by atoms with Gasteiger partial charge in [-0.05, 0) is 64.7 Å². The van der Waals surface area contributed by atoms with E-state index in [1.807, 2.05) is 44.2 Å². The number of carbonyl (C=O) groups excluding carboxylic acids is 4. The van der Waals surface area contributed by atoms with Gasteiger partial charge in [0.1, 0.15) is 17.7 Å². The monoisotopic (exact) mass is 628 g/mol. The van der Waals surface area contributed by atoms with Gasteiger partial charge in [-0.1, -0.05) is 92.6 Å². The number of alkyl carbamates (subject to hydrolysis) is 1. The molecule has 4 N–H and O–H groups in total. The average molecular weight is 629 g/mol. The van der Waals surface area contributed by atoms with E-state index in [9.17, 15) is 19.2 Å². The van der Waals surface area contributed by atoms with Gasteiger partial charge in [-0.25, -0.2) is 4.79 Å². The lowest BCUT2D eigenvalue weighted by Crippen LogP contribution is -2.52. The van der Waals surface area contributed by atoms with Crippen LogP contribution in [0.3, 0.4) is 0 Å². The molecular formula is C34H49ClN4O5. The maximum absolute atomic E-state index is 14.4. The molecule has 0 saturated heterocycles. The molecule has 0 spiro atoms. The molecule has 0 radical (unpaired) electrons. The fourth-order valence-electron chi connectivity index (χ4n) is 4.83. The van der Waals surface area contributed by atoms with Gasteiger partial charge in [-0.3, -0.25) is 14.4 Å². The van der Waals surface area contributed by atoms with E-state index in [1.54, 1.807) is 32.9 Å². The molecule has 242 valence electrons. The lowest BCUT2D eigenvalue weighted by atomic mass is 9.99. The summed E-state index contributed by atoms with van der Waals surface area (Å²) < 4.78 is 5.42. The number of halogens is 1. The zero-order valence-electron chi connectivity index (χ0n) is 27.0. The molecule has 0 fully saturated rings. The molecule has 10 heteroatoms. The van der Waals surface area contributed by atoms with Crippen LogP contribution in [-0.4, -0.2) is 46.9 Å². The van der Waals surface area contributed by atoms with E-state index in [-0.39, 0.29) is 19.4 Å². The van der Waals surface area contributed by atoms with Crippen molar-refractivity contribution < 1.29 is 23.9 Å². The van der Waals surface area contributed by atoms with Crippen molar-refractivity contribution in [2.75, 3.05) is 11.9 Å². The number of nitrogens with zero attached hydrogens (tertiary/aromatic N) is 1. The highest BCUT2D eigenvalue weighted by molar-refractivity contribution is 6.34. The van der Waals surface area contributed by atoms with Crippen LogP contribution in [0.5, 0.6) is 0 Å². The molecule has 2 unspecified atom stereocenters. The molecule has 2 rings (SSSR count). The summed E-state index contributed by atoms with van der Waals surface area (Å²) in [5.41, 5.74) is 7.45. The first kappa shape index (κ1) is 36.6. The van der Waals surface area contributed by atoms with Crippen molar-refractivity contribution in [1.82, 2.24) is 10.2 Å². The third-order valence-corrected chi connectivity index (χ3v) is 7.44. The topological polar surface area (TPSA) is 131 Å². The third-order valence-electron chi connectivity index (χ3n) is 7.13. The fourth-order valence-corrected chi connectivity index (χ4v) is 5.10. The number of para-hydroxylation sites is 1. The van der Waals surface area contributed by atoms with Gasteiger partial charge < -0.3 is 26.0 Å². The number of amides is 4. The van der Waals surface area contributed by atoms with Crippen LogP contribution in [-0.2, 0) is 19.1 Å². The Morgan fingerprint density at radius 2 is 1.59 bits per heavy atom. The van der Waals surface area contributed by atoms with Crippen LogP contribution in [0, 0.1) is 13.8 Å². The molecule has 2 aromatic carbocycles. The molecule has 0 aliphatic carbocycles. The Labute approximate surface area is 267 Å². The highest BCUT2D eigenvalue weighted by atomic mass is 35.5. The van der Waals surface area contributed by atoms with E-state index >= 15 is 0 Å². The van der Waals surface area contributed by atoms with E-state index in [0.717, 1.165) is 43.2 Å². The van der Waals surface area contributed by atoms with Crippen molar-refractivity contribution in [2.24, 2.45) is 5.73 Å². The van der Waals surface area contributed by atoms with Crippen molar-refractivity contribution in [3.63, 3.8) is 0 Å². The molecule has 2 aromatic rings. The predicted molar refractivity (Wildman–Crippen MR) is 175 cm³/mol. The van der Waals surface area contributed by atoms with Crippen LogP contribution in [0.1, 0.15) is 102 Å². The number of primary amides is 1. The number of nitrogens with one attached hydrogen (secondary N) is 2. The lowest BCUT2D eigenvalue weighted by molar-refractivity contribution is -0.141. The van der Waals surface area contributed by atoms with Crippen LogP contribution >= 0.6 is 11.6 Å². The minimum Gasteiger partial charge on any atom is -0.444 e. The summed E-state index contributed by atoms with van der Waals surface area (Å²) in [6, 6.07) is 10.5. The molecule has 0 heterocycles. The summed E-state index contributed by atoms with van der Waals surface area (Å²) in [4.78, 5) is 54.6. The van der Waals surface area contributed by atoms with Crippen LogP contribution in [0.4, 0.5) is 10.5 Å². The Bertz CT molecular complexity index is 1240. The van der Waals surface area contributed by atoms with Gasteiger partial charge in [0.2, 0.25) is 11.8 Å². The zero-order valence-corrected chi connectivity index (χ0v) is 27.8. The second-order valence-electron chi connectivity index (χ2n) is 12.2. The van der Waals surface area contributed by atoms with Crippen molar-refractivity contribution in [3.8, 4) is 0 Å². The molecule has 0 aromatic heterocycles. The van der Waals surface area contributed by atoms with Crippen molar-refractivity contribution >= 4 is 41.1 Å². The summed E-state index contributed by atoms with van der Waals surface area (Å²) >= 11 is 6.46. The quantitative estimate of drug-likeness (QED) is 0.173. The van der Waals surface area contributed by atoms with Crippen molar-refractivity contribution in [3.05, 3.63) is 64.2 Å². The van der Waals surface area contributed by atoms with Crippen LogP contribution in [0.2, 0.25) is 5.02 Å². The van der Waals surface area contributed by atoms with Gasteiger partial charge in [-0.15, -0.1) is 0 Å². The molecule has 4 amide bonds. The standard InChI is InChI=1S/C34H49ClN4O5/c1-7-8-9-10-11-12-22-39(32(42)27(20-21-28(36)40)37-33(43)44-34(4,5)6)30(25-18-16-23(2)17-19-25)31(41)38-29-24(3)14-13-15-26(29)35/h13-19,27,30H,7-12,20-22H2,1-6H3,(H2,36,40)(H,37,43)(H,38,41). The molecule has 0 aliphatic rings. The first-order valence-electron chi connectivity index (χ1n) is 15.4. The Hall–Kier alpha value is -3.59. The maximum atomic E-state index is 14.4. The summed E-state index contributed by atoms with van der Waals surface area (Å²) in [7, 11) is 0. The van der Waals surface area contributed by atoms with Gasteiger partial charge in [0.15, 0.2) is 0 Å². The number of hydrogen-bond donors (Lipinski definition) is 3. The van der Waals surface area contributed by atoms with Gasteiger partial charge >= 0.3 is 6.09 Å². The normalized spacial score (nSPS) is 12.6. The number of ether oxygens (including phenoxy) is 1. The van der Waals surface area contributed by atoms with E-state index in [0.29, 0.717) is 22.7 Å². The molecule has 0 bridgehead atoms. The number of unbranched alkanes of at least 4 members (excludes halogenated alkanes) is 5. The molecule has 2 atom stereocenters. The van der Waals surface area contributed by atoms with Gasteiger partial charge in [0.25, 0.3) is 5.91 Å². The van der Waals surface area contributed by atoms with Gasteiger partial charge in [0, 0.05) is 13.0 Å². The molecule has 0 aliphatic heterocycles. The number of anilines is 1. The lowest BCUT2D eigenvalue weighted by Gasteiger charge is -2.35. The predicted octanol–water partition coefficient (Wildman–Crippen LogP) is 6.98. The SMILES string of the molecule is CCCCCCCCN(C(=O)C(CCC(N)=O)NC(=O)OC(C)(C)C)C(C(=O)Nc1c(C)cccc1Cl)c1ccc(C)cc1. The van der Waals surface area contributed by atoms with Gasteiger partial charge in [-0.2, -0.15) is 0 Å². The largest absolute Gasteiger partial charge is 0.444 e. The van der Waals surface area contributed by atoms with Crippen LogP contribution < -0.4 is 16.4 Å². The number of carbonyl (C=O) groups is 4. The number of rotatable bonds is 16. The van der Waals surface area contributed by atoms with E-state index in [1.165, 1.54) is 4.90 Å². The number of nitrogens with two attached hydrogens (primary N) is 1. The summed E-state index contributed by atoms with van der Waals surface area (Å²) in [6.45, 7) is 11.3. The van der Waals surface area contributed by atoms with Gasteiger partial charge in [0.05, 0.1) is 10.7 Å². The number of aryl methyl sites for hydroxylation is 2. The summed E-state index contributed by atoms with van der Waals surface area (Å²) in [5.74, 6) is -1.57. The third kappa shape index (κ3) is 12.2. The van der Waals surface area contributed by atoms with E-state index in [2.05, 4.69) is 17.6 Å². The molecular weight excluding hydrogens is 580 g/mol. The fraction of sp³-hybridized carbons (Fsp3) is 0.529. The minimum atomic E-state index is -1.15. The zero-order chi connectivity index (χ0) is 32.9. The Morgan fingerprint density at radius 1 is 0.955 bits per heavy atom. The highest BCUT2D eigenvalue weighted by Gasteiger charge is 2.36. The first-order valence-corrected chi connectivity index (χ1v) is 15.8. The molecule has 9 nitrogen and oxygen atoms in total.